The number of rotatable bonds is 13. The third-order valence-electron chi connectivity index (χ3n) is 6.41. The minimum Gasteiger partial charge on any atom is -0.496 e. The maximum absolute atomic E-state index is 12.6. The van der Waals surface area contributed by atoms with Crippen molar-refractivity contribution in [2.45, 2.75) is 45.4 Å². The van der Waals surface area contributed by atoms with E-state index in [1.165, 1.54) is 5.01 Å². The highest BCUT2D eigenvalue weighted by molar-refractivity contribution is 5.99. The summed E-state index contributed by atoms with van der Waals surface area (Å²) in [5.41, 5.74) is 14.9. The molecule has 0 fully saturated rings. The number of hydrazine groups is 1. The van der Waals surface area contributed by atoms with Gasteiger partial charge in [0.05, 0.1) is 13.7 Å². The molecule has 9 heteroatoms. The van der Waals surface area contributed by atoms with Crippen molar-refractivity contribution in [1.29, 1.82) is 0 Å². The van der Waals surface area contributed by atoms with Gasteiger partial charge in [-0.2, -0.15) is 0 Å². The summed E-state index contributed by atoms with van der Waals surface area (Å²) in [7, 11) is 1.66. The van der Waals surface area contributed by atoms with Crippen LogP contribution in [-0.2, 0) is 35.8 Å². The Bertz CT molecular complexity index is 1290. The van der Waals surface area contributed by atoms with Gasteiger partial charge in [-0.1, -0.05) is 24.3 Å². The molecular formula is C29H33N5O4. The zero-order valence-electron chi connectivity index (χ0n) is 21.5. The Morgan fingerprint density at radius 3 is 2.39 bits per heavy atom. The monoisotopic (exact) mass is 515 g/mol. The third-order valence-corrected chi connectivity index (χ3v) is 6.41. The molecular weight excluding hydrogens is 482 g/mol. The van der Waals surface area contributed by atoms with Crippen LogP contribution in [0.25, 0.3) is 0 Å². The molecule has 38 heavy (non-hydrogen) atoms. The van der Waals surface area contributed by atoms with Gasteiger partial charge in [0.2, 0.25) is 5.91 Å². The summed E-state index contributed by atoms with van der Waals surface area (Å²) in [6.07, 6.45) is 1.79. The minimum absolute atomic E-state index is 0.207. The lowest BCUT2D eigenvalue weighted by Gasteiger charge is -2.16. The molecule has 4 rings (SSSR count). The van der Waals surface area contributed by atoms with E-state index in [4.69, 9.17) is 10.5 Å². The van der Waals surface area contributed by atoms with E-state index >= 15 is 0 Å². The first-order valence-corrected chi connectivity index (χ1v) is 12.6. The molecule has 0 aromatic heterocycles. The number of benzene rings is 3. The molecule has 0 spiro atoms. The Morgan fingerprint density at radius 2 is 1.71 bits per heavy atom. The zero-order chi connectivity index (χ0) is 26.9. The summed E-state index contributed by atoms with van der Waals surface area (Å²) >= 11 is 0. The summed E-state index contributed by atoms with van der Waals surface area (Å²) in [5.74, 6) is 0.325. The summed E-state index contributed by atoms with van der Waals surface area (Å²) in [5, 5.41) is 8.16. The number of fused-ring (bicyclic) bond motifs is 1. The zero-order valence-corrected chi connectivity index (χ0v) is 21.5. The van der Waals surface area contributed by atoms with Crippen molar-refractivity contribution in [2.75, 3.05) is 17.7 Å². The number of amides is 2. The van der Waals surface area contributed by atoms with Crippen molar-refractivity contribution >= 4 is 29.5 Å². The predicted molar refractivity (Wildman–Crippen MR) is 146 cm³/mol. The molecule has 3 aromatic rings. The Labute approximate surface area is 222 Å². The lowest BCUT2D eigenvalue weighted by atomic mass is 10.1. The van der Waals surface area contributed by atoms with Gasteiger partial charge in [0.15, 0.2) is 0 Å². The molecule has 1 aliphatic heterocycles. The molecule has 3 aromatic carbocycles. The summed E-state index contributed by atoms with van der Waals surface area (Å²) in [6, 6.07) is 19.7. The number of anilines is 2. The number of nitrogens with one attached hydrogen (secondary N) is 3. The van der Waals surface area contributed by atoms with Crippen LogP contribution in [0.1, 0.15) is 51.9 Å². The quantitative estimate of drug-likeness (QED) is 0.202. The highest BCUT2D eigenvalue weighted by Gasteiger charge is 2.28. The normalized spacial score (nSPS) is 12.2. The Hall–Kier alpha value is -4.37. The molecule has 0 radical (unpaired) electrons. The standard InChI is InChI=1S/C29H33N5O4/c1-38-27-15-20(16-30)5-7-22(27)18-32-25-10-8-24(9-11-25)31-17-21-6-12-26-23(14-21)19-34(29(26)37)33-28(36)4-2-3-13-35/h5-15,31-32H,2-4,16-19,30H2,1H3,(H,33,36). The number of carbonyl (C=O) groups is 3. The number of nitrogens with zero attached hydrogens (tertiary/aromatic N) is 1. The summed E-state index contributed by atoms with van der Waals surface area (Å²) < 4.78 is 5.49. The van der Waals surface area contributed by atoms with Crippen molar-refractivity contribution in [2.24, 2.45) is 5.73 Å². The van der Waals surface area contributed by atoms with Crippen molar-refractivity contribution in [3.63, 3.8) is 0 Å². The number of hydrogen-bond acceptors (Lipinski definition) is 7. The molecule has 0 saturated carbocycles. The van der Waals surface area contributed by atoms with Crippen molar-refractivity contribution in [3.8, 4) is 5.75 Å². The van der Waals surface area contributed by atoms with Crippen molar-refractivity contribution < 1.29 is 19.1 Å². The molecule has 0 saturated heterocycles. The lowest BCUT2D eigenvalue weighted by molar-refractivity contribution is -0.125. The summed E-state index contributed by atoms with van der Waals surface area (Å²) in [4.78, 5) is 35.1. The predicted octanol–water partition coefficient (Wildman–Crippen LogP) is 3.73. The maximum Gasteiger partial charge on any atom is 0.272 e. The van der Waals surface area contributed by atoms with E-state index in [9.17, 15) is 14.4 Å². The Balaban J connectivity index is 1.28. The number of hydrogen-bond donors (Lipinski definition) is 4. The smallest absolute Gasteiger partial charge is 0.272 e. The van der Waals surface area contributed by atoms with Gasteiger partial charge in [0, 0.05) is 55.0 Å². The van der Waals surface area contributed by atoms with Gasteiger partial charge < -0.3 is 25.9 Å². The largest absolute Gasteiger partial charge is 0.496 e. The second kappa shape index (κ2) is 12.7. The first-order valence-electron chi connectivity index (χ1n) is 12.6. The second-order valence-electron chi connectivity index (χ2n) is 9.11. The summed E-state index contributed by atoms with van der Waals surface area (Å²) in [6.45, 7) is 2.02. The lowest BCUT2D eigenvalue weighted by Crippen LogP contribution is -2.42. The molecule has 9 nitrogen and oxygen atoms in total. The number of carbonyl (C=O) groups excluding carboxylic acids is 3. The molecule has 0 bridgehead atoms. The van der Waals surface area contributed by atoms with Crippen LogP contribution in [-0.4, -0.2) is 30.2 Å². The molecule has 198 valence electrons. The highest BCUT2D eigenvalue weighted by Crippen LogP contribution is 2.24. The van der Waals surface area contributed by atoms with Gasteiger partial charge in [0.25, 0.3) is 5.91 Å². The molecule has 0 unspecified atom stereocenters. The molecule has 0 aliphatic carbocycles. The van der Waals surface area contributed by atoms with E-state index in [2.05, 4.69) is 16.1 Å². The molecule has 1 heterocycles. The topological polar surface area (TPSA) is 126 Å². The van der Waals surface area contributed by atoms with Gasteiger partial charge in [0.1, 0.15) is 12.0 Å². The van der Waals surface area contributed by atoms with Gasteiger partial charge in [-0.25, -0.2) is 5.01 Å². The third kappa shape index (κ3) is 6.68. The van der Waals surface area contributed by atoms with Crippen LogP contribution in [0.4, 0.5) is 11.4 Å². The van der Waals surface area contributed by atoms with E-state index in [0.717, 1.165) is 45.7 Å². The van der Waals surface area contributed by atoms with Gasteiger partial charge in [-0.15, -0.1) is 0 Å². The van der Waals surface area contributed by atoms with Crippen LogP contribution < -0.4 is 26.5 Å². The molecule has 5 N–H and O–H groups in total. The maximum atomic E-state index is 12.6. The van der Waals surface area contributed by atoms with Crippen LogP contribution in [0.15, 0.2) is 60.7 Å². The van der Waals surface area contributed by atoms with Crippen LogP contribution in [0, 0.1) is 0 Å². The number of nitrogens with two attached hydrogens (primary N) is 1. The number of aldehydes is 1. The number of methoxy groups -OCH3 is 1. The van der Waals surface area contributed by atoms with E-state index in [-0.39, 0.29) is 18.2 Å². The molecule has 1 aliphatic rings. The van der Waals surface area contributed by atoms with E-state index in [0.29, 0.717) is 44.6 Å². The number of unbranched alkanes of at least 4 members (excludes halogenated alkanes) is 1. The highest BCUT2D eigenvalue weighted by atomic mass is 16.5. The van der Waals surface area contributed by atoms with Crippen LogP contribution >= 0.6 is 0 Å². The molecule has 2 amide bonds. The molecule has 0 atom stereocenters. The fraction of sp³-hybridized carbons (Fsp3) is 0.276. The first-order chi connectivity index (χ1) is 18.5. The Morgan fingerprint density at radius 1 is 1.00 bits per heavy atom. The van der Waals surface area contributed by atoms with Gasteiger partial charge in [-0.05, 0) is 59.5 Å². The van der Waals surface area contributed by atoms with E-state index < -0.39 is 0 Å². The van der Waals surface area contributed by atoms with Crippen LogP contribution in [0.5, 0.6) is 5.75 Å². The average molecular weight is 516 g/mol. The first kappa shape index (κ1) is 26.7. The van der Waals surface area contributed by atoms with Crippen LogP contribution in [0.2, 0.25) is 0 Å². The van der Waals surface area contributed by atoms with Gasteiger partial charge in [-0.3, -0.25) is 15.0 Å². The number of ether oxygens (including phenoxy) is 1. The SMILES string of the molecule is COc1cc(CN)ccc1CNc1ccc(NCc2ccc3c(c2)CN(NC(=O)CCCC=O)C3=O)cc1. The average Bonchev–Trinajstić information content (AvgIpc) is 3.25. The van der Waals surface area contributed by atoms with Crippen molar-refractivity contribution in [1.82, 2.24) is 10.4 Å². The van der Waals surface area contributed by atoms with Crippen molar-refractivity contribution in [3.05, 3.63) is 88.5 Å². The second-order valence-corrected chi connectivity index (χ2v) is 9.11. The van der Waals surface area contributed by atoms with Gasteiger partial charge >= 0.3 is 0 Å². The van der Waals surface area contributed by atoms with Crippen LogP contribution in [0.3, 0.4) is 0 Å². The minimum atomic E-state index is -0.267. The Kier molecular flexibility index (Phi) is 8.94. The fourth-order valence-corrected chi connectivity index (χ4v) is 4.30. The van der Waals surface area contributed by atoms with E-state index in [1.54, 1.807) is 13.2 Å². The fourth-order valence-electron chi connectivity index (χ4n) is 4.30. The van der Waals surface area contributed by atoms with E-state index in [1.807, 2.05) is 54.6 Å².